The zero-order chi connectivity index (χ0) is 17.3. The maximum Gasteiger partial charge on any atom is 0.268 e. The van der Waals surface area contributed by atoms with Crippen molar-refractivity contribution in [2.24, 2.45) is 0 Å². The first-order valence-electron chi connectivity index (χ1n) is 7.68. The molecule has 130 valence electrons. The number of ether oxygens (including phenoxy) is 1. The van der Waals surface area contributed by atoms with Gasteiger partial charge >= 0.3 is 0 Å². The van der Waals surface area contributed by atoms with Gasteiger partial charge in [-0.3, -0.25) is 4.79 Å². The van der Waals surface area contributed by atoms with Crippen LogP contribution in [0.4, 0.5) is 0 Å². The number of sulfone groups is 1. The van der Waals surface area contributed by atoms with E-state index in [-0.39, 0.29) is 23.5 Å². The molecule has 2 heterocycles. The summed E-state index contributed by atoms with van der Waals surface area (Å²) in [7, 11) is -1.43. The molecule has 0 radical (unpaired) electrons. The Morgan fingerprint density at radius 3 is 2.88 bits per heavy atom. The lowest BCUT2D eigenvalue weighted by Gasteiger charge is -2.13. The topological polar surface area (TPSA) is 77.4 Å². The molecular formula is C16H19ClN2O4S. The summed E-state index contributed by atoms with van der Waals surface area (Å²) in [5.41, 5.74) is 1.37. The lowest BCUT2D eigenvalue weighted by Crippen LogP contribution is -2.36. The third-order valence-electron chi connectivity index (χ3n) is 4.18. The van der Waals surface area contributed by atoms with Crippen LogP contribution in [0, 0.1) is 0 Å². The van der Waals surface area contributed by atoms with E-state index in [1.54, 1.807) is 25.3 Å². The molecule has 1 N–H and O–H groups in total. The molecule has 8 heteroatoms. The average molecular weight is 371 g/mol. The smallest absolute Gasteiger partial charge is 0.268 e. The molecule has 0 spiro atoms. The third-order valence-corrected chi connectivity index (χ3v) is 6.19. The van der Waals surface area contributed by atoms with Crippen molar-refractivity contribution < 1.29 is 17.9 Å². The standard InChI is InChI=1S/C16H19ClN2O4S/c1-23-6-5-19-14-3-2-12(17)8-11(14)9-15(19)16(20)18-13-4-7-24(21,22)10-13/h2-3,8-9,13H,4-7,10H2,1H3,(H,18,20)/t13-/m0/s1. The third kappa shape index (κ3) is 3.58. The Morgan fingerprint density at radius 2 is 2.21 bits per heavy atom. The number of methoxy groups -OCH3 is 1. The minimum Gasteiger partial charge on any atom is -0.383 e. The van der Waals surface area contributed by atoms with Gasteiger partial charge in [-0.25, -0.2) is 8.42 Å². The largest absolute Gasteiger partial charge is 0.383 e. The number of fused-ring (bicyclic) bond motifs is 1. The number of carbonyl (C=O) groups is 1. The second-order valence-electron chi connectivity index (χ2n) is 5.95. The van der Waals surface area contributed by atoms with E-state index in [0.29, 0.717) is 30.3 Å². The monoisotopic (exact) mass is 370 g/mol. The van der Waals surface area contributed by atoms with Crippen molar-refractivity contribution >= 4 is 38.2 Å². The quantitative estimate of drug-likeness (QED) is 0.871. The number of aromatic nitrogens is 1. The summed E-state index contributed by atoms with van der Waals surface area (Å²) in [6.07, 6.45) is 0.457. The number of hydrogen-bond acceptors (Lipinski definition) is 4. The van der Waals surface area contributed by atoms with E-state index in [1.807, 2.05) is 10.6 Å². The van der Waals surface area contributed by atoms with Crippen LogP contribution >= 0.6 is 11.6 Å². The first kappa shape index (κ1) is 17.3. The SMILES string of the molecule is COCCn1c(C(=O)N[C@H]2CCS(=O)(=O)C2)cc2cc(Cl)ccc21. The molecule has 0 bridgehead atoms. The van der Waals surface area contributed by atoms with Crippen LogP contribution in [0.3, 0.4) is 0 Å². The number of benzene rings is 1. The Hall–Kier alpha value is -1.57. The number of amides is 1. The van der Waals surface area contributed by atoms with Gasteiger partial charge in [-0.1, -0.05) is 11.6 Å². The van der Waals surface area contributed by atoms with Gasteiger partial charge in [0.1, 0.15) is 5.69 Å². The summed E-state index contributed by atoms with van der Waals surface area (Å²) in [5, 5.41) is 4.29. The van der Waals surface area contributed by atoms with E-state index < -0.39 is 9.84 Å². The van der Waals surface area contributed by atoms with Crippen LogP contribution in [0.1, 0.15) is 16.9 Å². The Bertz CT molecular complexity index is 876. The van der Waals surface area contributed by atoms with Crippen LogP contribution in [0.5, 0.6) is 0 Å². The summed E-state index contributed by atoms with van der Waals surface area (Å²) in [6, 6.07) is 6.88. The molecule has 1 aromatic heterocycles. The Balaban J connectivity index is 1.90. The molecule has 1 aliphatic rings. The van der Waals surface area contributed by atoms with E-state index in [1.165, 1.54) is 0 Å². The van der Waals surface area contributed by atoms with Crippen LogP contribution in [0.25, 0.3) is 10.9 Å². The molecule has 0 saturated carbocycles. The van der Waals surface area contributed by atoms with E-state index >= 15 is 0 Å². The molecule has 1 saturated heterocycles. The molecule has 24 heavy (non-hydrogen) atoms. The Kier molecular flexibility index (Phi) is 4.85. The van der Waals surface area contributed by atoms with Gasteiger partial charge in [0, 0.05) is 35.6 Å². The molecule has 6 nitrogen and oxygen atoms in total. The van der Waals surface area contributed by atoms with Gasteiger partial charge in [0.05, 0.1) is 18.1 Å². The van der Waals surface area contributed by atoms with E-state index in [2.05, 4.69) is 5.32 Å². The van der Waals surface area contributed by atoms with Crippen molar-refractivity contribution in [3.8, 4) is 0 Å². The van der Waals surface area contributed by atoms with Gasteiger partial charge < -0.3 is 14.6 Å². The van der Waals surface area contributed by atoms with Crippen LogP contribution < -0.4 is 5.32 Å². The maximum atomic E-state index is 12.6. The van der Waals surface area contributed by atoms with Crippen molar-refractivity contribution in [3.63, 3.8) is 0 Å². The normalized spacial score (nSPS) is 19.7. The highest BCUT2D eigenvalue weighted by atomic mass is 35.5. The summed E-state index contributed by atoms with van der Waals surface area (Å²) in [4.78, 5) is 12.6. The number of nitrogens with one attached hydrogen (secondary N) is 1. The van der Waals surface area contributed by atoms with Crippen LogP contribution in [-0.4, -0.2) is 50.2 Å². The van der Waals surface area contributed by atoms with Crippen LogP contribution in [0.15, 0.2) is 24.3 Å². The van der Waals surface area contributed by atoms with Crippen molar-refractivity contribution in [2.45, 2.75) is 19.0 Å². The summed E-state index contributed by atoms with van der Waals surface area (Å²) in [6.45, 7) is 0.984. The molecule has 2 aromatic rings. The number of halogens is 1. The van der Waals surface area contributed by atoms with Gasteiger partial charge in [0.15, 0.2) is 9.84 Å². The second kappa shape index (κ2) is 6.74. The average Bonchev–Trinajstić information content (AvgIpc) is 3.04. The van der Waals surface area contributed by atoms with E-state index in [0.717, 1.165) is 10.9 Å². The Morgan fingerprint density at radius 1 is 1.42 bits per heavy atom. The molecule has 0 unspecified atom stereocenters. The predicted molar refractivity (Wildman–Crippen MR) is 93.3 cm³/mol. The van der Waals surface area contributed by atoms with Gasteiger partial charge in [-0.15, -0.1) is 0 Å². The van der Waals surface area contributed by atoms with E-state index in [9.17, 15) is 13.2 Å². The number of rotatable bonds is 5. The summed E-state index contributed by atoms with van der Waals surface area (Å²) < 4.78 is 30.1. The zero-order valence-corrected chi connectivity index (χ0v) is 14.9. The molecule has 3 rings (SSSR count). The molecular weight excluding hydrogens is 352 g/mol. The second-order valence-corrected chi connectivity index (χ2v) is 8.62. The lowest BCUT2D eigenvalue weighted by molar-refractivity contribution is 0.0929. The lowest BCUT2D eigenvalue weighted by atomic mass is 10.2. The fourth-order valence-electron chi connectivity index (χ4n) is 3.02. The number of carbonyl (C=O) groups excluding carboxylic acids is 1. The predicted octanol–water partition coefficient (Wildman–Crippen LogP) is 1.86. The van der Waals surface area contributed by atoms with Crippen LogP contribution in [0.2, 0.25) is 5.02 Å². The summed E-state index contributed by atoms with van der Waals surface area (Å²) >= 11 is 6.03. The fraction of sp³-hybridized carbons (Fsp3) is 0.438. The summed E-state index contributed by atoms with van der Waals surface area (Å²) in [5.74, 6) is -0.149. The van der Waals surface area contributed by atoms with Crippen molar-refractivity contribution in [1.82, 2.24) is 9.88 Å². The first-order chi connectivity index (χ1) is 11.4. The number of hydrogen-bond donors (Lipinski definition) is 1. The Labute approximate surface area is 145 Å². The van der Waals surface area contributed by atoms with Gasteiger partial charge in [-0.2, -0.15) is 0 Å². The van der Waals surface area contributed by atoms with Gasteiger partial charge in [-0.05, 0) is 30.7 Å². The van der Waals surface area contributed by atoms with Gasteiger partial charge in [0.25, 0.3) is 5.91 Å². The minimum absolute atomic E-state index is 0.00284. The number of nitrogens with zero attached hydrogens (tertiary/aromatic N) is 1. The molecule has 1 aromatic carbocycles. The fourth-order valence-corrected chi connectivity index (χ4v) is 4.88. The molecule has 1 fully saturated rings. The molecule has 1 aliphatic heterocycles. The van der Waals surface area contributed by atoms with Crippen molar-refractivity contribution in [2.75, 3.05) is 25.2 Å². The maximum absolute atomic E-state index is 12.6. The van der Waals surface area contributed by atoms with Crippen molar-refractivity contribution in [3.05, 3.63) is 35.0 Å². The first-order valence-corrected chi connectivity index (χ1v) is 9.88. The zero-order valence-electron chi connectivity index (χ0n) is 13.3. The highest BCUT2D eigenvalue weighted by Gasteiger charge is 2.30. The highest BCUT2D eigenvalue weighted by Crippen LogP contribution is 2.24. The van der Waals surface area contributed by atoms with Crippen molar-refractivity contribution in [1.29, 1.82) is 0 Å². The highest BCUT2D eigenvalue weighted by molar-refractivity contribution is 7.91. The molecule has 0 aliphatic carbocycles. The van der Waals surface area contributed by atoms with E-state index in [4.69, 9.17) is 16.3 Å². The van der Waals surface area contributed by atoms with Gasteiger partial charge in [0.2, 0.25) is 0 Å². The van der Waals surface area contributed by atoms with Crippen LogP contribution in [-0.2, 0) is 21.1 Å². The minimum atomic E-state index is -3.04. The molecule has 1 atom stereocenters. The molecule has 1 amide bonds.